The summed E-state index contributed by atoms with van der Waals surface area (Å²) in [5, 5.41) is 11.6. The second-order valence-corrected chi connectivity index (χ2v) is 5.11. The van der Waals surface area contributed by atoms with Crippen molar-refractivity contribution in [3.05, 3.63) is 59.4 Å². The summed E-state index contributed by atoms with van der Waals surface area (Å²) in [6.45, 7) is 0. The number of benzene rings is 1. The maximum atomic E-state index is 12.9. The number of carbonyl (C=O) groups is 1. The predicted octanol–water partition coefficient (Wildman–Crippen LogP) is 3.71. The lowest BCUT2D eigenvalue weighted by Gasteiger charge is -2.01. The zero-order chi connectivity index (χ0) is 14.8. The molecule has 0 spiro atoms. The Bertz CT molecular complexity index is 799. The van der Waals surface area contributed by atoms with E-state index in [0.29, 0.717) is 16.4 Å². The average molecular weight is 300 g/mol. The second kappa shape index (κ2) is 5.41. The molecule has 6 heteroatoms. The van der Waals surface area contributed by atoms with Gasteiger partial charge in [-0.25, -0.2) is 14.2 Å². The third-order valence-corrected chi connectivity index (χ3v) is 3.77. The van der Waals surface area contributed by atoms with Crippen LogP contribution in [-0.4, -0.2) is 21.0 Å². The summed E-state index contributed by atoms with van der Waals surface area (Å²) in [5.41, 5.74) is 1.71. The first kappa shape index (κ1) is 13.4. The normalized spacial score (nSPS) is 10.5. The van der Waals surface area contributed by atoms with Crippen molar-refractivity contribution in [2.24, 2.45) is 0 Å². The SMILES string of the molecule is O=C(O)c1cccnc1-c1csc(-c2ccc(F)cc2)n1. The lowest BCUT2D eigenvalue weighted by atomic mass is 10.1. The number of hydrogen-bond donors (Lipinski definition) is 1. The average Bonchev–Trinajstić information content (AvgIpc) is 2.97. The molecule has 3 rings (SSSR count). The Morgan fingerprint density at radius 2 is 1.95 bits per heavy atom. The molecule has 0 amide bonds. The second-order valence-electron chi connectivity index (χ2n) is 4.25. The summed E-state index contributed by atoms with van der Waals surface area (Å²) in [6.07, 6.45) is 1.53. The van der Waals surface area contributed by atoms with Crippen molar-refractivity contribution in [2.45, 2.75) is 0 Å². The van der Waals surface area contributed by atoms with E-state index in [2.05, 4.69) is 9.97 Å². The van der Waals surface area contributed by atoms with Gasteiger partial charge in [-0.05, 0) is 36.4 Å². The molecule has 0 saturated carbocycles. The molecule has 2 aromatic heterocycles. The Hall–Kier alpha value is -2.60. The summed E-state index contributed by atoms with van der Waals surface area (Å²) in [5.74, 6) is -1.36. The van der Waals surface area contributed by atoms with Crippen LogP contribution in [0.2, 0.25) is 0 Å². The fourth-order valence-corrected chi connectivity index (χ4v) is 2.70. The van der Waals surface area contributed by atoms with E-state index in [9.17, 15) is 14.3 Å². The Morgan fingerprint density at radius 3 is 2.67 bits per heavy atom. The Morgan fingerprint density at radius 1 is 1.19 bits per heavy atom. The largest absolute Gasteiger partial charge is 0.478 e. The van der Waals surface area contributed by atoms with E-state index in [1.807, 2.05) is 0 Å². The first-order valence-corrected chi connectivity index (χ1v) is 6.93. The van der Waals surface area contributed by atoms with Gasteiger partial charge in [-0.2, -0.15) is 0 Å². The van der Waals surface area contributed by atoms with Gasteiger partial charge in [-0.15, -0.1) is 11.3 Å². The maximum Gasteiger partial charge on any atom is 0.337 e. The smallest absolute Gasteiger partial charge is 0.337 e. The topological polar surface area (TPSA) is 63.1 Å². The van der Waals surface area contributed by atoms with Gasteiger partial charge >= 0.3 is 5.97 Å². The Kier molecular flexibility index (Phi) is 3.45. The number of carboxylic acid groups (broad SMARTS) is 1. The number of rotatable bonds is 3. The van der Waals surface area contributed by atoms with Gasteiger partial charge in [0, 0.05) is 17.1 Å². The van der Waals surface area contributed by atoms with Gasteiger partial charge in [0.05, 0.1) is 5.56 Å². The van der Waals surface area contributed by atoms with Crippen molar-refractivity contribution in [1.82, 2.24) is 9.97 Å². The highest BCUT2D eigenvalue weighted by molar-refractivity contribution is 7.13. The van der Waals surface area contributed by atoms with Crippen LogP contribution in [0.3, 0.4) is 0 Å². The van der Waals surface area contributed by atoms with Crippen molar-refractivity contribution in [3.8, 4) is 22.0 Å². The third kappa shape index (κ3) is 2.66. The minimum atomic E-state index is -1.05. The van der Waals surface area contributed by atoms with Gasteiger partial charge < -0.3 is 5.11 Å². The molecular formula is C15H9FN2O2S. The van der Waals surface area contributed by atoms with Gasteiger partial charge in [0.2, 0.25) is 0 Å². The first-order valence-electron chi connectivity index (χ1n) is 6.05. The fraction of sp³-hybridized carbons (Fsp3) is 0. The quantitative estimate of drug-likeness (QED) is 0.801. The molecule has 1 aromatic carbocycles. The molecule has 1 N–H and O–H groups in total. The molecule has 2 heterocycles. The van der Waals surface area contributed by atoms with E-state index >= 15 is 0 Å². The zero-order valence-electron chi connectivity index (χ0n) is 10.7. The zero-order valence-corrected chi connectivity index (χ0v) is 11.5. The molecule has 0 aliphatic carbocycles. The number of aromatic carboxylic acids is 1. The van der Waals surface area contributed by atoms with Gasteiger partial charge in [0.15, 0.2) is 0 Å². The Labute approximate surface area is 123 Å². The molecule has 0 bridgehead atoms. The highest BCUT2D eigenvalue weighted by atomic mass is 32.1. The highest BCUT2D eigenvalue weighted by Gasteiger charge is 2.15. The van der Waals surface area contributed by atoms with Crippen LogP contribution in [0.25, 0.3) is 22.0 Å². The lowest BCUT2D eigenvalue weighted by molar-refractivity contribution is 0.0697. The van der Waals surface area contributed by atoms with Crippen LogP contribution in [0.5, 0.6) is 0 Å². The molecule has 0 aliphatic rings. The Balaban J connectivity index is 2.03. The fourth-order valence-electron chi connectivity index (χ4n) is 1.89. The number of thiazole rings is 1. The molecule has 3 aromatic rings. The van der Waals surface area contributed by atoms with Gasteiger partial charge in [-0.3, -0.25) is 4.98 Å². The number of hydrogen-bond acceptors (Lipinski definition) is 4. The van der Waals surface area contributed by atoms with Gasteiger partial charge in [0.1, 0.15) is 22.2 Å². The molecule has 0 aliphatic heterocycles. The molecule has 0 fully saturated rings. The number of pyridine rings is 1. The van der Waals surface area contributed by atoms with Crippen LogP contribution in [-0.2, 0) is 0 Å². The van der Waals surface area contributed by atoms with Crippen LogP contribution in [0.4, 0.5) is 4.39 Å². The molecular weight excluding hydrogens is 291 g/mol. The van der Waals surface area contributed by atoms with Crippen molar-refractivity contribution < 1.29 is 14.3 Å². The molecule has 4 nitrogen and oxygen atoms in total. The molecule has 0 radical (unpaired) electrons. The van der Waals surface area contributed by atoms with Crippen LogP contribution >= 0.6 is 11.3 Å². The van der Waals surface area contributed by atoms with E-state index in [0.717, 1.165) is 5.56 Å². The maximum absolute atomic E-state index is 12.9. The number of nitrogens with zero attached hydrogens (tertiary/aromatic N) is 2. The standard InChI is InChI=1S/C15H9FN2O2S/c16-10-5-3-9(4-6-10)14-18-12(8-21-14)13-11(15(19)20)2-1-7-17-13/h1-8H,(H,19,20). The monoisotopic (exact) mass is 300 g/mol. The van der Waals surface area contributed by atoms with Crippen LogP contribution in [0, 0.1) is 5.82 Å². The summed E-state index contributed by atoms with van der Waals surface area (Å²) in [6, 6.07) is 9.05. The highest BCUT2D eigenvalue weighted by Crippen LogP contribution is 2.29. The van der Waals surface area contributed by atoms with Crippen molar-refractivity contribution in [2.75, 3.05) is 0 Å². The van der Waals surface area contributed by atoms with E-state index in [4.69, 9.17) is 0 Å². The summed E-state index contributed by atoms with van der Waals surface area (Å²) >= 11 is 1.36. The van der Waals surface area contributed by atoms with Crippen LogP contribution in [0.1, 0.15) is 10.4 Å². The van der Waals surface area contributed by atoms with E-state index in [1.165, 1.54) is 35.7 Å². The van der Waals surface area contributed by atoms with E-state index < -0.39 is 5.97 Å². The minimum absolute atomic E-state index is 0.105. The predicted molar refractivity (Wildman–Crippen MR) is 77.7 cm³/mol. The summed E-state index contributed by atoms with van der Waals surface area (Å²) in [4.78, 5) is 19.7. The van der Waals surface area contributed by atoms with Crippen molar-refractivity contribution in [3.63, 3.8) is 0 Å². The minimum Gasteiger partial charge on any atom is -0.478 e. The van der Waals surface area contributed by atoms with Crippen LogP contribution < -0.4 is 0 Å². The first-order chi connectivity index (χ1) is 10.1. The number of carboxylic acids is 1. The molecule has 104 valence electrons. The van der Waals surface area contributed by atoms with Gasteiger partial charge in [0.25, 0.3) is 0 Å². The molecule has 21 heavy (non-hydrogen) atoms. The third-order valence-electron chi connectivity index (χ3n) is 2.88. The molecule has 0 atom stereocenters. The number of aromatic nitrogens is 2. The van der Waals surface area contributed by atoms with Crippen molar-refractivity contribution >= 4 is 17.3 Å². The van der Waals surface area contributed by atoms with Crippen LogP contribution in [0.15, 0.2) is 48.0 Å². The summed E-state index contributed by atoms with van der Waals surface area (Å²) < 4.78 is 12.9. The number of halogens is 1. The lowest BCUT2D eigenvalue weighted by Crippen LogP contribution is -2.01. The molecule has 0 unspecified atom stereocenters. The van der Waals surface area contributed by atoms with Crippen molar-refractivity contribution in [1.29, 1.82) is 0 Å². The molecule has 0 saturated heterocycles. The van der Waals surface area contributed by atoms with Gasteiger partial charge in [-0.1, -0.05) is 0 Å². The van der Waals surface area contributed by atoms with E-state index in [1.54, 1.807) is 23.6 Å². The summed E-state index contributed by atoms with van der Waals surface area (Å²) in [7, 11) is 0. The van der Waals surface area contributed by atoms with E-state index in [-0.39, 0.29) is 11.4 Å².